The zero-order valence-electron chi connectivity index (χ0n) is 16.4. The molecule has 1 heterocycles. The molecule has 0 bridgehead atoms. The van der Waals surface area contributed by atoms with Crippen LogP contribution in [0, 0.1) is 11.3 Å². The summed E-state index contributed by atoms with van der Waals surface area (Å²) in [7, 11) is 3.25. The summed E-state index contributed by atoms with van der Waals surface area (Å²) in [5.74, 6) is 0.885. The quantitative estimate of drug-likeness (QED) is 0.298. The molecule has 2 unspecified atom stereocenters. The second kappa shape index (κ2) is 8.88. The van der Waals surface area contributed by atoms with Gasteiger partial charge in [-0.25, -0.2) is 0 Å². The smallest absolute Gasteiger partial charge is 0.308 e. The third-order valence-corrected chi connectivity index (χ3v) is 6.22. The van der Waals surface area contributed by atoms with E-state index in [1.54, 1.807) is 7.11 Å². The summed E-state index contributed by atoms with van der Waals surface area (Å²) in [6.07, 6.45) is 2.61. The molecule has 1 saturated heterocycles. The number of esters is 1. The van der Waals surface area contributed by atoms with Gasteiger partial charge in [-0.1, -0.05) is 13.8 Å². The molecule has 0 aromatic rings. The molecular formula is C18H34IN3O3. The molecule has 0 amide bonds. The largest absolute Gasteiger partial charge is 0.469 e. The van der Waals surface area contributed by atoms with E-state index in [1.807, 2.05) is 6.92 Å². The van der Waals surface area contributed by atoms with E-state index in [0.717, 1.165) is 44.9 Å². The first kappa shape index (κ1) is 22.5. The lowest BCUT2D eigenvalue weighted by molar-refractivity contribution is -0.177. The molecule has 2 atom stereocenters. The van der Waals surface area contributed by atoms with Crippen LogP contribution in [0.5, 0.6) is 0 Å². The van der Waals surface area contributed by atoms with Gasteiger partial charge in [0.2, 0.25) is 0 Å². The van der Waals surface area contributed by atoms with Crippen LogP contribution in [0.4, 0.5) is 0 Å². The zero-order valence-corrected chi connectivity index (χ0v) is 18.8. The van der Waals surface area contributed by atoms with Gasteiger partial charge in [0.05, 0.1) is 18.6 Å². The minimum Gasteiger partial charge on any atom is -0.469 e. The van der Waals surface area contributed by atoms with E-state index in [4.69, 9.17) is 9.47 Å². The second-order valence-electron chi connectivity index (χ2n) is 7.64. The van der Waals surface area contributed by atoms with E-state index in [-0.39, 0.29) is 46.9 Å². The molecule has 2 fully saturated rings. The Morgan fingerprint density at radius 2 is 1.84 bits per heavy atom. The lowest BCUT2D eigenvalue weighted by Gasteiger charge is -2.59. The van der Waals surface area contributed by atoms with E-state index in [9.17, 15) is 4.79 Å². The average Bonchev–Trinajstić information content (AvgIpc) is 2.59. The predicted octanol–water partition coefficient (Wildman–Crippen LogP) is 2.66. The number of carbonyl (C=O) groups is 1. The van der Waals surface area contributed by atoms with Crippen LogP contribution in [0.3, 0.4) is 0 Å². The molecule has 0 aromatic carbocycles. The summed E-state index contributed by atoms with van der Waals surface area (Å²) in [5, 5.41) is 3.64. The maximum atomic E-state index is 11.7. The topological polar surface area (TPSA) is 63.2 Å². The van der Waals surface area contributed by atoms with Crippen molar-refractivity contribution in [3.8, 4) is 0 Å². The number of carbonyl (C=O) groups excluding carboxylic acids is 1. The number of halogens is 1. The highest BCUT2D eigenvalue weighted by Crippen LogP contribution is 2.51. The summed E-state index contributed by atoms with van der Waals surface area (Å²) in [5.41, 5.74) is -0.0551. The highest BCUT2D eigenvalue weighted by molar-refractivity contribution is 14.0. The van der Waals surface area contributed by atoms with Crippen LogP contribution in [-0.4, -0.2) is 62.3 Å². The van der Waals surface area contributed by atoms with Gasteiger partial charge in [0, 0.05) is 38.2 Å². The van der Waals surface area contributed by atoms with E-state index >= 15 is 0 Å². The molecular weight excluding hydrogens is 433 g/mol. The molecule has 25 heavy (non-hydrogen) atoms. The van der Waals surface area contributed by atoms with E-state index in [2.05, 4.69) is 36.0 Å². The fourth-order valence-corrected chi connectivity index (χ4v) is 3.76. The normalized spacial score (nSPS) is 29.4. The number of likely N-dealkylation sites (tertiary alicyclic amines) is 1. The molecule has 6 nitrogen and oxygen atoms in total. The van der Waals surface area contributed by atoms with Gasteiger partial charge in [-0.05, 0) is 33.1 Å². The van der Waals surface area contributed by atoms with Gasteiger partial charge in [-0.3, -0.25) is 9.79 Å². The molecule has 2 rings (SSSR count). The average molecular weight is 467 g/mol. The second-order valence-corrected chi connectivity index (χ2v) is 7.64. The maximum Gasteiger partial charge on any atom is 0.308 e. The highest BCUT2D eigenvalue weighted by atomic mass is 127. The van der Waals surface area contributed by atoms with Gasteiger partial charge in [-0.15, -0.1) is 24.0 Å². The van der Waals surface area contributed by atoms with Crippen molar-refractivity contribution in [3.63, 3.8) is 0 Å². The Labute approximate surface area is 169 Å². The van der Waals surface area contributed by atoms with Crippen LogP contribution in [-0.2, 0) is 14.3 Å². The predicted molar refractivity (Wildman–Crippen MR) is 110 cm³/mol. The standard InChI is InChI=1S/C18H33N3O3.HI/c1-7-19-16(20-14-12-18(4,24-6)17(14,2)3)21-10-8-13(9-11-21)15(22)23-5;/h13-14H,7-12H2,1-6H3,(H,19,20);1H. The van der Waals surface area contributed by atoms with Crippen molar-refractivity contribution in [2.45, 2.75) is 58.6 Å². The molecule has 2 aliphatic rings. The van der Waals surface area contributed by atoms with Crippen LogP contribution in [0.1, 0.15) is 47.0 Å². The van der Waals surface area contributed by atoms with Crippen LogP contribution in [0.2, 0.25) is 0 Å². The SMILES string of the molecule is CCN=C(NC1CC(C)(OC)C1(C)C)N1CCC(C(=O)OC)CC1.I. The minimum atomic E-state index is -0.0974. The van der Waals surface area contributed by atoms with Crippen LogP contribution in [0.15, 0.2) is 4.99 Å². The fourth-order valence-electron chi connectivity index (χ4n) is 3.76. The Balaban J connectivity index is 0.00000312. The molecule has 1 aliphatic carbocycles. The van der Waals surface area contributed by atoms with Crippen molar-refractivity contribution in [1.29, 1.82) is 0 Å². The summed E-state index contributed by atoms with van der Waals surface area (Å²) in [4.78, 5) is 18.6. The van der Waals surface area contributed by atoms with Gasteiger partial charge < -0.3 is 19.7 Å². The van der Waals surface area contributed by atoms with E-state index in [1.165, 1.54) is 7.11 Å². The Morgan fingerprint density at radius 3 is 2.28 bits per heavy atom. The van der Waals surface area contributed by atoms with Crippen molar-refractivity contribution in [2.75, 3.05) is 33.9 Å². The first-order valence-electron chi connectivity index (χ1n) is 8.98. The number of methoxy groups -OCH3 is 2. The number of hydrogen-bond donors (Lipinski definition) is 1. The van der Waals surface area contributed by atoms with Gasteiger partial charge in [0.25, 0.3) is 0 Å². The first-order chi connectivity index (χ1) is 11.3. The molecule has 0 spiro atoms. The van der Waals surface area contributed by atoms with Gasteiger partial charge in [0.15, 0.2) is 5.96 Å². The summed E-state index contributed by atoms with van der Waals surface area (Å²) in [6.45, 7) is 11.1. The number of ether oxygens (including phenoxy) is 2. The summed E-state index contributed by atoms with van der Waals surface area (Å²) >= 11 is 0. The lowest BCUT2D eigenvalue weighted by Crippen LogP contribution is -2.69. The van der Waals surface area contributed by atoms with Crippen molar-refractivity contribution in [2.24, 2.45) is 16.3 Å². The van der Waals surface area contributed by atoms with Gasteiger partial charge >= 0.3 is 5.97 Å². The first-order valence-corrected chi connectivity index (χ1v) is 8.98. The van der Waals surface area contributed by atoms with Gasteiger partial charge in [0.1, 0.15) is 0 Å². The molecule has 1 N–H and O–H groups in total. The van der Waals surface area contributed by atoms with E-state index < -0.39 is 0 Å². The lowest BCUT2D eigenvalue weighted by atomic mass is 9.56. The Hall–Kier alpha value is -0.570. The van der Waals surface area contributed by atoms with Crippen LogP contribution < -0.4 is 5.32 Å². The van der Waals surface area contributed by atoms with Crippen molar-refractivity contribution >= 4 is 35.9 Å². The minimum absolute atomic E-state index is 0. The number of aliphatic imine (C=N–C) groups is 1. The van der Waals surface area contributed by atoms with Gasteiger partial charge in [-0.2, -0.15) is 0 Å². The Kier molecular flexibility index (Phi) is 7.98. The zero-order chi connectivity index (χ0) is 18.0. The molecule has 7 heteroatoms. The maximum absolute atomic E-state index is 11.7. The number of nitrogens with one attached hydrogen (secondary N) is 1. The molecule has 0 aromatic heterocycles. The third-order valence-electron chi connectivity index (χ3n) is 6.22. The number of guanidine groups is 1. The van der Waals surface area contributed by atoms with Crippen LogP contribution in [0.25, 0.3) is 0 Å². The van der Waals surface area contributed by atoms with Crippen molar-refractivity contribution < 1.29 is 14.3 Å². The third kappa shape index (κ3) is 4.40. The summed E-state index contributed by atoms with van der Waals surface area (Å²) in [6, 6.07) is 0.339. The fraction of sp³-hybridized carbons (Fsp3) is 0.889. The molecule has 1 saturated carbocycles. The summed E-state index contributed by atoms with van der Waals surface area (Å²) < 4.78 is 10.6. The molecule has 1 aliphatic heterocycles. The van der Waals surface area contributed by atoms with Crippen molar-refractivity contribution in [1.82, 2.24) is 10.2 Å². The number of rotatable bonds is 4. The van der Waals surface area contributed by atoms with E-state index in [0.29, 0.717) is 6.04 Å². The molecule has 0 radical (unpaired) electrons. The van der Waals surface area contributed by atoms with Crippen LogP contribution >= 0.6 is 24.0 Å². The number of piperidine rings is 1. The Morgan fingerprint density at radius 1 is 1.24 bits per heavy atom. The number of nitrogens with zero attached hydrogens (tertiary/aromatic N) is 2. The van der Waals surface area contributed by atoms with Crippen molar-refractivity contribution in [3.05, 3.63) is 0 Å². The Bertz CT molecular complexity index is 490. The monoisotopic (exact) mass is 467 g/mol. The highest BCUT2D eigenvalue weighted by Gasteiger charge is 2.58. The number of hydrogen-bond acceptors (Lipinski definition) is 4. The molecule has 146 valence electrons.